The SMILES string of the molecule is CCCCCC(CC)NCCO. The molecule has 0 rings (SSSR count). The van der Waals surface area contributed by atoms with Crippen molar-refractivity contribution in [3.05, 3.63) is 0 Å². The van der Waals surface area contributed by atoms with Crippen LogP contribution in [0.4, 0.5) is 0 Å². The molecule has 74 valence electrons. The Bertz CT molecular complexity index is 85.9. The highest BCUT2D eigenvalue weighted by atomic mass is 16.3. The lowest BCUT2D eigenvalue weighted by molar-refractivity contribution is 0.280. The van der Waals surface area contributed by atoms with Crippen molar-refractivity contribution in [3.8, 4) is 0 Å². The number of aliphatic hydroxyl groups is 1. The Balaban J connectivity index is 3.26. The summed E-state index contributed by atoms with van der Waals surface area (Å²) in [7, 11) is 0. The standard InChI is InChI=1S/C10H23NO/c1-3-5-6-7-10(4-2)11-8-9-12/h10-12H,3-9H2,1-2H3. The van der Waals surface area contributed by atoms with Crippen LogP contribution in [-0.4, -0.2) is 24.3 Å². The van der Waals surface area contributed by atoms with E-state index in [-0.39, 0.29) is 6.61 Å². The minimum absolute atomic E-state index is 0.254. The molecule has 0 aromatic rings. The number of hydrogen-bond acceptors (Lipinski definition) is 2. The molecule has 0 bridgehead atoms. The molecule has 1 atom stereocenters. The van der Waals surface area contributed by atoms with Crippen LogP contribution in [0.15, 0.2) is 0 Å². The van der Waals surface area contributed by atoms with Gasteiger partial charge in [0.05, 0.1) is 6.61 Å². The summed E-state index contributed by atoms with van der Waals surface area (Å²) in [6, 6.07) is 0.615. The Kier molecular flexibility index (Phi) is 8.95. The first-order valence-electron chi connectivity index (χ1n) is 5.19. The van der Waals surface area contributed by atoms with E-state index in [1.807, 2.05) is 0 Å². The maximum absolute atomic E-state index is 8.62. The highest BCUT2D eigenvalue weighted by Gasteiger charge is 2.02. The first kappa shape index (κ1) is 11.9. The molecule has 0 heterocycles. The third-order valence-electron chi connectivity index (χ3n) is 2.19. The Morgan fingerprint density at radius 2 is 2.00 bits per heavy atom. The first-order valence-corrected chi connectivity index (χ1v) is 5.19. The highest BCUT2D eigenvalue weighted by Crippen LogP contribution is 2.05. The van der Waals surface area contributed by atoms with Crippen molar-refractivity contribution in [2.75, 3.05) is 13.2 Å². The molecule has 0 aromatic carbocycles. The molecule has 0 aliphatic rings. The molecule has 0 aliphatic carbocycles. The summed E-state index contributed by atoms with van der Waals surface area (Å²) in [5.74, 6) is 0. The maximum atomic E-state index is 8.62. The van der Waals surface area contributed by atoms with Gasteiger partial charge in [-0.15, -0.1) is 0 Å². The van der Waals surface area contributed by atoms with Crippen LogP contribution in [0.3, 0.4) is 0 Å². The summed E-state index contributed by atoms with van der Waals surface area (Å²) in [5, 5.41) is 11.9. The minimum atomic E-state index is 0.254. The fraction of sp³-hybridized carbons (Fsp3) is 1.00. The summed E-state index contributed by atoms with van der Waals surface area (Å²) < 4.78 is 0. The lowest BCUT2D eigenvalue weighted by Crippen LogP contribution is -2.30. The minimum Gasteiger partial charge on any atom is -0.395 e. The van der Waals surface area contributed by atoms with Gasteiger partial charge in [-0.2, -0.15) is 0 Å². The van der Waals surface area contributed by atoms with Gasteiger partial charge in [0.15, 0.2) is 0 Å². The van der Waals surface area contributed by atoms with E-state index < -0.39 is 0 Å². The molecule has 1 unspecified atom stereocenters. The normalized spacial score (nSPS) is 13.2. The lowest BCUT2D eigenvalue weighted by Gasteiger charge is -2.15. The van der Waals surface area contributed by atoms with E-state index in [0.29, 0.717) is 6.04 Å². The van der Waals surface area contributed by atoms with Crippen molar-refractivity contribution < 1.29 is 5.11 Å². The molecule has 0 amide bonds. The van der Waals surface area contributed by atoms with Gasteiger partial charge in [-0.3, -0.25) is 0 Å². The van der Waals surface area contributed by atoms with Gasteiger partial charge >= 0.3 is 0 Å². The second kappa shape index (κ2) is 9.01. The first-order chi connectivity index (χ1) is 5.85. The average molecular weight is 173 g/mol. The second-order valence-corrected chi connectivity index (χ2v) is 3.28. The molecule has 2 heteroatoms. The molecule has 12 heavy (non-hydrogen) atoms. The Labute approximate surface area is 76.4 Å². The highest BCUT2D eigenvalue weighted by molar-refractivity contribution is 4.63. The van der Waals surface area contributed by atoms with Gasteiger partial charge in [0.1, 0.15) is 0 Å². The van der Waals surface area contributed by atoms with Crippen LogP contribution in [-0.2, 0) is 0 Å². The fourth-order valence-electron chi connectivity index (χ4n) is 1.36. The number of rotatable bonds is 8. The van der Waals surface area contributed by atoms with Crippen molar-refractivity contribution >= 4 is 0 Å². The van der Waals surface area contributed by atoms with E-state index in [9.17, 15) is 0 Å². The van der Waals surface area contributed by atoms with Crippen LogP contribution in [0.25, 0.3) is 0 Å². The van der Waals surface area contributed by atoms with Gasteiger partial charge in [-0.05, 0) is 12.8 Å². The van der Waals surface area contributed by atoms with Crippen LogP contribution in [0.5, 0.6) is 0 Å². The Hall–Kier alpha value is -0.0800. The van der Waals surface area contributed by atoms with Gasteiger partial charge in [0.2, 0.25) is 0 Å². The zero-order valence-corrected chi connectivity index (χ0v) is 8.47. The van der Waals surface area contributed by atoms with Crippen LogP contribution in [0.2, 0.25) is 0 Å². The summed E-state index contributed by atoms with van der Waals surface area (Å²) in [6.45, 7) is 5.41. The largest absolute Gasteiger partial charge is 0.395 e. The smallest absolute Gasteiger partial charge is 0.0556 e. The number of aliphatic hydroxyl groups excluding tert-OH is 1. The molecular weight excluding hydrogens is 150 g/mol. The molecule has 2 N–H and O–H groups in total. The van der Waals surface area contributed by atoms with Crippen molar-refractivity contribution in [1.82, 2.24) is 5.32 Å². The predicted molar refractivity (Wildman–Crippen MR) is 53.3 cm³/mol. The van der Waals surface area contributed by atoms with Gasteiger partial charge in [-0.1, -0.05) is 33.1 Å². The van der Waals surface area contributed by atoms with E-state index in [1.54, 1.807) is 0 Å². The molecule has 2 nitrogen and oxygen atoms in total. The van der Waals surface area contributed by atoms with Gasteiger partial charge in [0.25, 0.3) is 0 Å². The van der Waals surface area contributed by atoms with Crippen molar-refractivity contribution in [2.24, 2.45) is 0 Å². The molecule has 0 saturated heterocycles. The third kappa shape index (κ3) is 6.62. The van der Waals surface area contributed by atoms with E-state index in [0.717, 1.165) is 6.54 Å². The van der Waals surface area contributed by atoms with Crippen LogP contribution in [0, 0.1) is 0 Å². The monoisotopic (exact) mass is 173 g/mol. The van der Waals surface area contributed by atoms with Gasteiger partial charge in [-0.25, -0.2) is 0 Å². The van der Waals surface area contributed by atoms with Gasteiger partial charge in [0, 0.05) is 12.6 Å². The van der Waals surface area contributed by atoms with E-state index in [1.165, 1.54) is 32.1 Å². The van der Waals surface area contributed by atoms with Crippen molar-refractivity contribution in [3.63, 3.8) is 0 Å². The number of hydrogen-bond donors (Lipinski definition) is 2. The topological polar surface area (TPSA) is 32.3 Å². The third-order valence-corrected chi connectivity index (χ3v) is 2.19. The fourth-order valence-corrected chi connectivity index (χ4v) is 1.36. The lowest BCUT2D eigenvalue weighted by atomic mass is 10.1. The van der Waals surface area contributed by atoms with E-state index >= 15 is 0 Å². The van der Waals surface area contributed by atoms with E-state index in [4.69, 9.17) is 5.11 Å². The van der Waals surface area contributed by atoms with Gasteiger partial charge < -0.3 is 10.4 Å². The van der Waals surface area contributed by atoms with E-state index in [2.05, 4.69) is 19.2 Å². The molecule has 0 aromatic heterocycles. The zero-order valence-electron chi connectivity index (χ0n) is 8.47. The molecule has 0 fully saturated rings. The number of unbranched alkanes of at least 4 members (excludes halogenated alkanes) is 2. The average Bonchev–Trinajstić information content (AvgIpc) is 2.11. The van der Waals surface area contributed by atoms with Crippen molar-refractivity contribution in [1.29, 1.82) is 0 Å². The van der Waals surface area contributed by atoms with Crippen LogP contribution >= 0.6 is 0 Å². The molecule has 0 saturated carbocycles. The molecule has 0 aliphatic heterocycles. The molecular formula is C10H23NO. The zero-order chi connectivity index (χ0) is 9.23. The maximum Gasteiger partial charge on any atom is 0.0556 e. The van der Waals surface area contributed by atoms with Crippen LogP contribution < -0.4 is 5.32 Å². The predicted octanol–water partition coefficient (Wildman–Crippen LogP) is 1.93. The molecule has 0 spiro atoms. The summed E-state index contributed by atoms with van der Waals surface area (Å²) in [4.78, 5) is 0. The quantitative estimate of drug-likeness (QED) is 0.550. The summed E-state index contributed by atoms with van der Waals surface area (Å²) in [5.41, 5.74) is 0. The summed E-state index contributed by atoms with van der Waals surface area (Å²) in [6.07, 6.45) is 6.36. The molecule has 0 radical (unpaired) electrons. The Morgan fingerprint density at radius 1 is 1.25 bits per heavy atom. The number of nitrogens with one attached hydrogen (secondary N) is 1. The second-order valence-electron chi connectivity index (χ2n) is 3.28. The van der Waals surface area contributed by atoms with Crippen LogP contribution in [0.1, 0.15) is 46.0 Å². The summed E-state index contributed by atoms with van der Waals surface area (Å²) >= 11 is 0. The van der Waals surface area contributed by atoms with Crippen molar-refractivity contribution in [2.45, 2.75) is 52.0 Å². The Morgan fingerprint density at radius 3 is 2.50 bits per heavy atom.